The van der Waals surface area contributed by atoms with Crippen LogP contribution < -0.4 is 0 Å². The first-order valence-electron chi connectivity index (χ1n) is 5.17. The molecule has 0 saturated carbocycles. The predicted molar refractivity (Wildman–Crippen MR) is 53.3 cm³/mol. The fraction of sp³-hybridized carbons (Fsp3) is 0.545. The van der Waals surface area contributed by atoms with Crippen molar-refractivity contribution in [3.63, 3.8) is 0 Å². The van der Waals surface area contributed by atoms with Crippen molar-refractivity contribution in [1.82, 2.24) is 9.88 Å². The minimum absolute atomic E-state index is 0.396. The molecule has 0 aliphatic carbocycles. The zero-order valence-electron chi connectivity index (χ0n) is 8.25. The van der Waals surface area contributed by atoms with Crippen LogP contribution in [0.15, 0.2) is 18.3 Å². The van der Waals surface area contributed by atoms with Gasteiger partial charge in [-0.05, 0) is 37.6 Å². The molecule has 0 atom stereocenters. The molecule has 0 spiro atoms. The zero-order valence-corrected chi connectivity index (χ0v) is 8.25. The third kappa shape index (κ3) is 2.51. The van der Waals surface area contributed by atoms with Crippen LogP contribution in [0, 0.1) is 5.95 Å². The lowest BCUT2D eigenvalue weighted by Crippen LogP contribution is -2.29. The third-order valence-corrected chi connectivity index (χ3v) is 2.64. The highest BCUT2D eigenvalue weighted by Crippen LogP contribution is 2.12. The van der Waals surface area contributed by atoms with E-state index in [9.17, 15) is 4.39 Å². The van der Waals surface area contributed by atoms with E-state index in [4.69, 9.17) is 0 Å². The quantitative estimate of drug-likeness (QED) is 0.671. The normalized spacial score (nSPS) is 18.4. The average molecular weight is 194 g/mol. The summed E-state index contributed by atoms with van der Waals surface area (Å²) in [5.74, 6) is -0.396. The Morgan fingerprint density at radius 1 is 1.21 bits per heavy atom. The number of likely N-dealkylation sites (tertiary alicyclic amines) is 1. The van der Waals surface area contributed by atoms with Gasteiger partial charge in [-0.15, -0.1) is 0 Å². The summed E-state index contributed by atoms with van der Waals surface area (Å²) in [5.41, 5.74) is 1.10. The van der Waals surface area contributed by atoms with E-state index < -0.39 is 5.95 Å². The van der Waals surface area contributed by atoms with Gasteiger partial charge in [-0.2, -0.15) is 4.39 Å². The number of piperidine rings is 1. The maximum atomic E-state index is 12.5. The molecule has 1 aliphatic heterocycles. The van der Waals surface area contributed by atoms with Gasteiger partial charge in [0.2, 0.25) is 5.95 Å². The number of hydrogen-bond donors (Lipinski definition) is 0. The first-order chi connectivity index (χ1) is 6.84. The van der Waals surface area contributed by atoms with Crippen molar-refractivity contribution in [2.45, 2.75) is 25.8 Å². The topological polar surface area (TPSA) is 16.1 Å². The number of aromatic nitrogens is 1. The van der Waals surface area contributed by atoms with Gasteiger partial charge in [0.1, 0.15) is 0 Å². The van der Waals surface area contributed by atoms with Gasteiger partial charge in [-0.1, -0.05) is 12.5 Å². The van der Waals surface area contributed by atoms with Crippen molar-refractivity contribution in [1.29, 1.82) is 0 Å². The highest BCUT2D eigenvalue weighted by molar-refractivity contribution is 5.09. The van der Waals surface area contributed by atoms with Crippen molar-refractivity contribution in [2.24, 2.45) is 0 Å². The van der Waals surface area contributed by atoms with E-state index in [2.05, 4.69) is 9.88 Å². The second-order valence-corrected chi connectivity index (χ2v) is 3.83. The van der Waals surface area contributed by atoms with Crippen LogP contribution >= 0.6 is 0 Å². The SMILES string of the molecule is Fc1ccc(CN2CCCCC2)cn1. The van der Waals surface area contributed by atoms with Crippen molar-refractivity contribution >= 4 is 0 Å². The van der Waals surface area contributed by atoms with E-state index in [0.29, 0.717) is 0 Å². The Morgan fingerprint density at radius 3 is 2.64 bits per heavy atom. The molecule has 0 unspecified atom stereocenters. The molecule has 1 aromatic heterocycles. The van der Waals surface area contributed by atoms with Gasteiger partial charge in [-0.3, -0.25) is 4.90 Å². The Bertz CT molecular complexity index is 278. The number of halogens is 1. The minimum atomic E-state index is -0.396. The van der Waals surface area contributed by atoms with Crippen molar-refractivity contribution in [2.75, 3.05) is 13.1 Å². The van der Waals surface area contributed by atoms with E-state index in [0.717, 1.165) is 25.2 Å². The van der Waals surface area contributed by atoms with Crippen LogP contribution in [0.1, 0.15) is 24.8 Å². The molecule has 76 valence electrons. The molecular weight excluding hydrogens is 179 g/mol. The minimum Gasteiger partial charge on any atom is -0.299 e. The molecule has 0 bridgehead atoms. The molecule has 1 aliphatic rings. The second kappa shape index (κ2) is 4.51. The average Bonchev–Trinajstić information content (AvgIpc) is 2.23. The van der Waals surface area contributed by atoms with Gasteiger partial charge in [0, 0.05) is 12.7 Å². The van der Waals surface area contributed by atoms with Gasteiger partial charge in [0.25, 0.3) is 0 Å². The Kier molecular flexibility index (Phi) is 3.09. The van der Waals surface area contributed by atoms with E-state index >= 15 is 0 Å². The van der Waals surface area contributed by atoms with Crippen molar-refractivity contribution in [3.8, 4) is 0 Å². The van der Waals surface area contributed by atoms with E-state index in [1.165, 1.54) is 25.3 Å². The number of hydrogen-bond acceptors (Lipinski definition) is 2. The summed E-state index contributed by atoms with van der Waals surface area (Å²) >= 11 is 0. The maximum absolute atomic E-state index is 12.5. The standard InChI is InChI=1S/C11H15FN2/c12-11-5-4-10(8-13-11)9-14-6-2-1-3-7-14/h4-5,8H,1-3,6-7,9H2. The van der Waals surface area contributed by atoms with Crippen LogP contribution in [-0.2, 0) is 6.54 Å². The molecular formula is C11H15FN2. The molecule has 0 radical (unpaired) electrons. The Balaban J connectivity index is 1.92. The van der Waals surface area contributed by atoms with Crippen molar-refractivity contribution < 1.29 is 4.39 Å². The summed E-state index contributed by atoms with van der Waals surface area (Å²) in [5, 5.41) is 0. The maximum Gasteiger partial charge on any atom is 0.212 e. The van der Waals surface area contributed by atoms with Crippen LogP contribution in [0.2, 0.25) is 0 Å². The Morgan fingerprint density at radius 2 is 2.00 bits per heavy atom. The fourth-order valence-corrected chi connectivity index (χ4v) is 1.88. The summed E-state index contributed by atoms with van der Waals surface area (Å²) in [6.07, 6.45) is 5.55. The third-order valence-electron chi connectivity index (χ3n) is 2.64. The lowest BCUT2D eigenvalue weighted by molar-refractivity contribution is 0.220. The van der Waals surface area contributed by atoms with Gasteiger partial charge in [-0.25, -0.2) is 4.98 Å². The summed E-state index contributed by atoms with van der Waals surface area (Å²) in [7, 11) is 0. The number of pyridine rings is 1. The first kappa shape index (κ1) is 9.59. The molecule has 14 heavy (non-hydrogen) atoms. The van der Waals surface area contributed by atoms with Gasteiger partial charge >= 0.3 is 0 Å². The van der Waals surface area contributed by atoms with Gasteiger partial charge in [0.05, 0.1) is 0 Å². The van der Waals surface area contributed by atoms with E-state index in [1.54, 1.807) is 6.20 Å². The fourth-order valence-electron chi connectivity index (χ4n) is 1.88. The largest absolute Gasteiger partial charge is 0.299 e. The zero-order chi connectivity index (χ0) is 9.80. The van der Waals surface area contributed by atoms with Crippen LogP contribution in [-0.4, -0.2) is 23.0 Å². The molecule has 0 N–H and O–H groups in total. The molecule has 2 heterocycles. The highest BCUT2D eigenvalue weighted by atomic mass is 19.1. The number of rotatable bonds is 2. The summed E-state index contributed by atoms with van der Waals surface area (Å²) in [6.45, 7) is 3.24. The smallest absolute Gasteiger partial charge is 0.212 e. The Labute approximate surface area is 83.8 Å². The summed E-state index contributed by atoms with van der Waals surface area (Å²) < 4.78 is 12.5. The van der Waals surface area contributed by atoms with Crippen LogP contribution in [0.4, 0.5) is 4.39 Å². The molecule has 1 saturated heterocycles. The Hall–Kier alpha value is -0.960. The molecule has 0 aromatic carbocycles. The number of nitrogens with zero attached hydrogens (tertiary/aromatic N) is 2. The summed E-state index contributed by atoms with van der Waals surface area (Å²) in [6, 6.07) is 3.25. The molecule has 1 fully saturated rings. The molecule has 3 heteroatoms. The highest BCUT2D eigenvalue weighted by Gasteiger charge is 2.10. The lowest BCUT2D eigenvalue weighted by Gasteiger charge is -2.26. The van der Waals surface area contributed by atoms with Crippen molar-refractivity contribution in [3.05, 3.63) is 29.8 Å². The summed E-state index contributed by atoms with van der Waals surface area (Å²) in [4.78, 5) is 6.05. The predicted octanol–water partition coefficient (Wildman–Crippen LogP) is 2.21. The van der Waals surface area contributed by atoms with E-state index in [-0.39, 0.29) is 0 Å². The molecule has 1 aromatic rings. The van der Waals surface area contributed by atoms with Crippen LogP contribution in [0.3, 0.4) is 0 Å². The van der Waals surface area contributed by atoms with E-state index in [1.807, 2.05) is 6.07 Å². The molecule has 0 amide bonds. The molecule has 2 nitrogen and oxygen atoms in total. The monoisotopic (exact) mass is 194 g/mol. The van der Waals surface area contributed by atoms with Gasteiger partial charge < -0.3 is 0 Å². The van der Waals surface area contributed by atoms with Crippen LogP contribution in [0.5, 0.6) is 0 Å². The molecule has 2 rings (SSSR count). The first-order valence-corrected chi connectivity index (χ1v) is 5.17. The van der Waals surface area contributed by atoms with Crippen LogP contribution in [0.25, 0.3) is 0 Å². The lowest BCUT2D eigenvalue weighted by atomic mass is 10.1. The second-order valence-electron chi connectivity index (χ2n) is 3.83. The van der Waals surface area contributed by atoms with Gasteiger partial charge in [0.15, 0.2) is 0 Å².